The van der Waals surface area contributed by atoms with E-state index in [1.165, 1.54) is 27.0 Å². The number of pyridine rings is 1. The molecule has 228 valence electrons. The Hall–Kier alpha value is -3.92. The summed E-state index contributed by atoms with van der Waals surface area (Å²) >= 11 is 1.00. The first-order valence-corrected chi connectivity index (χ1v) is 17.6. The summed E-state index contributed by atoms with van der Waals surface area (Å²) in [5.74, 6) is -0.270. The van der Waals surface area contributed by atoms with Crippen molar-refractivity contribution in [2.75, 3.05) is 31.4 Å². The molecule has 0 aliphatic carbocycles. The first kappa shape index (κ1) is 33.0. The normalized spacial score (nSPS) is 11.0. The average molecular weight is 744 g/mol. The molecule has 0 fully saturated rings. The number of benzene rings is 3. The zero-order chi connectivity index (χ0) is 32.0. The van der Waals surface area contributed by atoms with Crippen LogP contribution in [0.2, 0.25) is 0 Å². The molecule has 13 heteroatoms. The maximum atomic E-state index is 12.6. The minimum atomic E-state index is -4.27. The van der Waals surface area contributed by atoms with Gasteiger partial charge < -0.3 is 9.45 Å². The van der Waals surface area contributed by atoms with Gasteiger partial charge in [0.25, 0.3) is 5.91 Å². The number of halogens is 1. The van der Waals surface area contributed by atoms with Crippen LogP contribution in [0.25, 0.3) is 10.2 Å². The van der Waals surface area contributed by atoms with Crippen LogP contribution in [0.5, 0.6) is 0 Å². The maximum absolute atomic E-state index is 12.6. The van der Waals surface area contributed by atoms with Crippen LogP contribution < -0.4 is 31.4 Å². The quantitative estimate of drug-likeness (QED) is 0.209. The van der Waals surface area contributed by atoms with E-state index in [0.717, 1.165) is 30.6 Å². The molecule has 2 aromatic heterocycles. The van der Waals surface area contributed by atoms with Crippen molar-refractivity contribution >= 4 is 54.4 Å². The predicted octanol–water partition coefficient (Wildman–Crippen LogP) is 2.40. The fourth-order valence-corrected chi connectivity index (χ4v) is 7.29. The fraction of sp³-hybridized carbons (Fsp3) is 0.161. The Kier molecular flexibility index (Phi) is 10.7. The third-order valence-corrected chi connectivity index (χ3v) is 10.5. The van der Waals surface area contributed by atoms with Crippen LogP contribution in [-0.2, 0) is 10.1 Å². The number of anilines is 2. The van der Waals surface area contributed by atoms with Gasteiger partial charge in [0.1, 0.15) is 15.8 Å². The van der Waals surface area contributed by atoms with Gasteiger partial charge in [-0.05, 0) is 80.1 Å². The van der Waals surface area contributed by atoms with E-state index in [0.29, 0.717) is 10.8 Å². The van der Waals surface area contributed by atoms with Crippen molar-refractivity contribution in [1.29, 1.82) is 0 Å². The minimum Gasteiger partial charge on any atom is -0.744 e. The number of aromatic nitrogens is 2. The number of nitrogens with zero attached hydrogens (tertiary/aromatic N) is 4. The van der Waals surface area contributed by atoms with Gasteiger partial charge in [-0.25, -0.2) is 23.2 Å². The summed E-state index contributed by atoms with van der Waals surface area (Å²) in [6.07, 6.45) is 1.76. The molecule has 0 atom stereocenters. The first-order valence-electron chi connectivity index (χ1n) is 13.2. The number of carbonyl (C=O) groups is 2. The van der Waals surface area contributed by atoms with Crippen LogP contribution >= 0.6 is 11.3 Å². The third kappa shape index (κ3) is 8.81. The number of carbonyl (C=O) groups excluding carboxylic acids is 2. The lowest BCUT2D eigenvalue weighted by Crippen LogP contribution is -3.61. The van der Waals surface area contributed by atoms with E-state index in [9.17, 15) is 22.6 Å². The van der Waals surface area contributed by atoms with Crippen LogP contribution in [0.3, 0.4) is 0 Å². The molecular weight excluding hydrogens is 713 g/mol. The highest BCUT2D eigenvalue weighted by molar-refractivity contribution is 7.85. The van der Waals surface area contributed by atoms with Crippen LogP contribution in [0.1, 0.15) is 21.6 Å². The van der Waals surface area contributed by atoms with Gasteiger partial charge >= 0.3 is 27.2 Å². The predicted molar refractivity (Wildman–Crippen MR) is 167 cm³/mol. The molecule has 0 aliphatic heterocycles. The molecule has 0 radical (unpaired) electrons. The molecular formula is C31H30IN5O5S2. The molecule has 2 heterocycles. The second kappa shape index (κ2) is 14.2. The van der Waals surface area contributed by atoms with Gasteiger partial charge in [0, 0.05) is 26.8 Å². The van der Waals surface area contributed by atoms with Crippen molar-refractivity contribution in [3.63, 3.8) is 0 Å². The SMILES string of the molecule is Cc1ccc(S(=O)(=O)[O-])cc1.Cc1ccc2nc(NC(=O)c3ccc([I+]c4ccc(N(C)C(=O)N(C)C)cc4)cn3)sc2c1. The number of rotatable bonds is 6. The average Bonchev–Trinajstić information content (AvgIpc) is 3.38. The topological polar surface area (TPSA) is 136 Å². The number of thiazole rings is 1. The van der Waals surface area contributed by atoms with Gasteiger partial charge in [0.2, 0.25) is 3.57 Å². The van der Waals surface area contributed by atoms with Crippen LogP contribution in [-0.4, -0.2) is 60.9 Å². The number of hydrogen-bond acceptors (Lipinski definition) is 8. The number of nitrogens with one attached hydrogen (secondary N) is 1. The second-order valence-corrected chi connectivity index (χ2v) is 15.3. The standard InChI is InChI=1S/C24H22IN5O2S.C7H8O3S/c1-15-5-11-19-21(13-15)33-23(27-19)28-22(31)20-12-8-17(14-26-20)25-16-6-9-18(10-7-16)30(4)24(32)29(2)3;1-6-2-4-7(5-3-6)11(8,9)10/h5-14H,1-4H3;2-5H,1H3,(H,8,9,10). The second-order valence-electron chi connectivity index (χ2n) is 9.88. The highest BCUT2D eigenvalue weighted by Crippen LogP contribution is 2.26. The smallest absolute Gasteiger partial charge is 0.359 e. The summed E-state index contributed by atoms with van der Waals surface area (Å²) in [6, 6.07) is 23.4. The summed E-state index contributed by atoms with van der Waals surface area (Å²) in [7, 11) is 0.953. The van der Waals surface area contributed by atoms with Crippen LogP contribution in [0.15, 0.2) is 90.0 Å². The lowest BCUT2D eigenvalue weighted by molar-refractivity contribution is -0.597. The number of urea groups is 1. The van der Waals surface area contributed by atoms with Gasteiger partial charge in [-0.2, -0.15) is 0 Å². The van der Waals surface area contributed by atoms with Crippen molar-refractivity contribution in [2.24, 2.45) is 0 Å². The van der Waals surface area contributed by atoms with Gasteiger partial charge in [-0.3, -0.25) is 15.0 Å². The summed E-state index contributed by atoms with van der Waals surface area (Å²) in [6.45, 7) is 3.85. The first-order chi connectivity index (χ1) is 20.8. The lowest BCUT2D eigenvalue weighted by Gasteiger charge is -2.21. The summed E-state index contributed by atoms with van der Waals surface area (Å²) < 4.78 is 34.5. The van der Waals surface area contributed by atoms with Crippen LogP contribution in [0, 0.1) is 21.0 Å². The van der Waals surface area contributed by atoms with Crippen LogP contribution in [0.4, 0.5) is 15.6 Å². The summed E-state index contributed by atoms with van der Waals surface area (Å²) in [5.41, 5.74) is 4.16. The van der Waals surface area contributed by atoms with Crippen molar-refractivity contribution < 1.29 is 43.8 Å². The Morgan fingerprint density at radius 2 is 1.50 bits per heavy atom. The van der Waals surface area contributed by atoms with E-state index in [2.05, 4.69) is 21.4 Å². The van der Waals surface area contributed by atoms with E-state index in [1.807, 2.05) is 56.3 Å². The molecule has 0 unspecified atom stereocenters. The number of hydrogen-bond donors (Lipinski definition) is 1. The number of amides is 3. The minimum absolute atomic E-state index is 0.0727. The number of aryl methyl sites for hydroxylation is 2. The zero-order valence-corrected chi connectivity index (χ0v) is 28.4. The molecule has 0 saturated heterocycles. The number of fused-ring (bicyclic) bond motifs is 1. The van der Waals surface area contributed by atoms with Crippen molar-refractivity contribution in [2.45, 2.75) is 18.7 Å². The maximum Gasteiger partial charge on any atom is 0.359 e. The summed E-state index contributed by atoms with van der Waals surface area (Å²) in [4.78, 5) is 36.5. The molecule has 44 heavy (non-hydrogen) atoms. The Bertz CT molecular complexity index is 1880. The van der Waals surface area contributed by atoms with E-state index < -0.39 is 31.3 Å². The summed E-state index contributed by atoms with van der Waals surface area (Å²) in [5, 5.41) is 3.42. The third-order valence-electron chi connectivity index (χ3n) is 6.14. The molecule has 0 saturated carbocycles. The van der Waals surface area contributed by atoms with E-state index in [1.54, 1.807) is 55.3 Å². The Morgan fingerprint density at radius 3 is 2.09 bits per heavy atom. The molecule has 0 spiro atoms. The van der Waals surface area contributed by atoms with E-state index in [-0.39, 0.29) is 16.8 Å². The highest BCUT2D eigenvalue weighted by Gasteiger charge is 2.19. The molecule has 0 aliphatic rings. The molecule has 5 aromatic rings. The lowest BCUT2D eigenvalue weighted by atomic mass is 10.2. The van der Waals surface area contributed by atoms with Gasteiger partial charge in [0.15, 0.2) is 8.70 Å². The van der Waals surface area contributed by atoms with Gasteiger partial charge in [-0.15, -0.1) is 0 Å². The highest BCUT2D eigenvalue weighted by atomic mass is 127. The molecule has 3 amide bonds. The Morgan fingerprint density at radius 1 is 0.864 bits per heavy atom. The van der Waals surface area contributed by atoms with E-state index >= 15 is 0 Å². The van der Waals surface area contributed by atoms with Crippen molar-refractivity contribution in [3.8, 4) is 0 Å². The zero-order valence-electron chi connectivity index (χ0n) is 24.6. The van der Waals surface area contributed by atoms with Crippen molar-refractivity contribution in [3.05, 3.63) is 109 Å². The fourth-order valence-electron chi connectivity index (χ4n) is 3.78. The van der Waals surface area contributed by atoms with Gasteiger partial charge in [-0.1, -0.05) is 35.1 Å². The molecule has 0 bridgehead atoms. The monoisotopic (exact) mass is 743 g/mol. The molecule has 10 nitrogen and oxygen atoms in total. The van der Waals surface area contributed by atoms with Gasteiger partial charge in [0.05, 0.1) is 21.3 Å². The molecule has 1 N–H and O–H groups in total. The van der Waals surface area contributed by atoms with Crippen molar-refractivity contribution in [1.82, 2.24) is 14.9 Å². The molecule has 5 rings (SSSR count). The Balaban J connectivity index is 0.000000339. The van der Waals surface area contributed by atoms with E-state index in [4.69, 9.17) is 0 Å². The molecule has 3 aromatic carbocycles. The Labute approximate surface area is 270 Å². The largest absolute Gasteiger partial charge is 0.744 e.